The fourth-order valence-corrected chi connectivity index (χ4v) is 2.22. The van der Waals surface area contributed by atoms with E-state index in [1.165, 1.54) is 5.69 Å². The van der Waals surface area contributed by atoms with Crippen molar-refractivity contribution in [2.75, 3.05) is 0 Å². The zero-order chi connectivity index (χ0) is 13.1. The van der Waals surface area contributed by atoms with Crippen molar-refractivity contribution in [1.82, 2.24) is 14.8 Å². The molecule has 0 aliphatic rings. The second-order valence-electron chi connectivity index (χ2n) is 4.29. The lowest BCUT2D eigenvalue weighted by Crippen LogP contribution is -2.05. The molecule has 0 amide bonds. The van der Waals surface area contributed by atoms with E-state index >= 15 is 0 Å². The molecule has 0 aromatic carbocycles. The molecule has 0 fully saturated rings. The third kappa shape index (κ3) is 2.41. The maximum absolute atomic E-state index is 5.85. The Kier molecular flexibility index (Phi) is 4.02. The van der Waals surface area contributed by atoms with E-state index in [2.05, 4.69) is 30.0 Å². The Labute approximate surface area is 113 Å². The number of alkyl halides is 1. The van der Waals surface area contributed by atoms with Gasteiger partial charge in [-0.3, -0.25) is 0 Å². The first-order valence-corrected chi connectivity index (χ1v) is 6.83. The van der Waals surface area contributed by atoms with Gasteiger partial charge >= 0.3 is 0 Å². The zero-order valence-corrected chi connectivity index (χ0v) is 11.8. The smallest absolute Gasteiger partial charge is 0.153 e. The van der Waals surface area contributed by atoms with Crippen LogP contribution >= 0.6 is 11.6 Å². The van der Waals surface area contributed by atoms with Crippen molar-refractivity contribution in [1.29, 1.82) is 0 Å². The molecule has 0 atom stereocenters. The summed E-state index contributed by atoms with van der Waals surface area (Å²) in [6.07, 6.45) is 1.89. The van der Waals surface area contributed by atoms with Crippen LogP contribution in [0, 0.1) is 6.92 Å². The van der Waals surface area contributed by atoms with Crippen molar-refractivity contribution >= 4 is 11.6 Å². The quantitative estimate of drug-likeness (QED) is 0.791. The van der Waals surface area contributed by atoms with Gasteiger partial charge in [-0.1, -0.05) is 19.9 Å². The molecule has 0 radical (unpaired) electrons. The zero-order valence-electron chi connectivity index (χ0n) is 11.1. The summed E-state index contributed by atoms with van der Waals surface area (Å²) in [5, 5.41) is 4.59. The number of pyridine rings is 1. The van der Waals surface area contributed by atoms with Gasteiger partial charge in [0, 0.05) is 17.3 Å². The van der Waals surface area contributed by atoms with Gasteiger partial charge in [-0.05, 0) is 37.5 Å². The summed E-state index contributed by atoms with van der Waals surface area (Å²) in [6, 6.07) is 6.15. The Morgan fingerprint density at radius 2 is 2.00 bits per heavy atom. The van der Waals surface area contributed by atoms with Gasteiger partial charge in [0.2, 0.25) is 0 Å². The maximum Gasteiger partial charge on any atom is 0.153 e. The lowest BCUT2D eigenvalue weighted by Gasteiger charge is -2.08. The maximum atomic E-state index is 5.85. The standard InChI is InChI=1S/C14H18ClN3/c1-4-12-8-13(5-2)18(17-12)14-7-6-11(9-15)10(3)16-14/h6-8H,4-5,9H2,1-3H3. The topological polar surface area (TPSA) is 30.7 Å². The van der Waals surface area contributed by atoms with Crippen LogP contribution < -0.4 is 0 Å². The molecule has 96 valence electrons. The Hall–Kier alpha value is -1.35. The van der Waals surface area contributed by atoms with Crippen LogP contribution in [0.3, 0.4) is 0 Å². The molecule has 2 rings (SSSR count). The molecule has 0 N–H and O–H groups in total. The molecule has 0 saturated carbocycles. The molecule has 0 aliphatic carbocycles. The largest absolute Gasteiger partial charge is 0.234 e. The lowest BCUT2D eigenvalue weighted by molar-refractivity contribution is 0.767. The highest BCUT2D eigenvalue weighted by atomic mass is 35.5. The highest BCUT2D eigenvalue weighted by molar-refractivity contribution is 6.17. The van der Waals surface area contributed by atoms with Gasteiger partial charge in [0.05, 0.1) is 5.69 Å². The molecule has 2 heterocycles. The molecular weight excluding hydrogens is 246 g/mol. The Morgan fingerprint density at radius 1 is 1.22 bits per heavy atom. The van der Waals surface area contributed by atoms with E-state index in [0.717, 1.165) is 35.6 Å². The summed E-state index contributed by atoms with van der Waals surface area (Å²) < 4.78 is 1.93. The summed E-state index contributed by atoms with van der Waals surface area (Å²) in [5.74, 6) is 1.37. The van der Waals surface area contributed by atoms with Gasteiger partial charge in [0.1, 0.15) is 0 Å². The van der Waals surface area contributed by atoms with Crippen molar-refractivity contribution < 1.29 is 0 Å². The van der Waals surface area contributed by atoms with Crippen LogP contribution in [0.5, 0.6) is 0 Å². The van der Waals surface area contributed by atoms with Crippen molar-refractivity contribution in [3.8, 4) is 5.82 Å². The van der Waals surface area contributed by atoms with E-state index in [1.54, 1.807) is 0 Å². The molecule has 0 bridgehead atoms. The molecule has 3 nitrogen and oxygen atoms in total. The third-order valence-corrected chi connectivity index (χ3v) is 3.39. The number of aryl methyl sites for hydroxylation is 3. The Morgan fingerprint density at radius 3 is 2.56 bits per heavy atom. The third-order valence-electron chi connectivity index (χ3n) is 3.10. The number of aromatic nitrogens is 3. The van der Waals surface area contributed by atoms with Crippen LogP contribution in [0.15, 0.2) is 18.2 Å². The van der Waals surface area contributed by atoms with Crippen LogP contribution in [0.4, 0.5) is 0 Å². The summed E-state index contributed by atoms with van der Waals surface area (Å²) in [7, 11) is 0. The van der Waals surface area contributed by atoms with Gasteiger partial charge in [0.25, 0.3) is 0 Å². The highest BCUT2D eigenvalue weighted by Crippen LogP contribution is 2.15. The number of halogens is 1. The normalized spacial score (nSPS) is 10.9. The molecule has 2 aromatic heterocycles. The van der Waals surface area contributed by atoms with Crippen molar-refractivity contribution in [2.45, 2.75) is 39.5 Å². The summed E-state index contributed by atoms with van der Waals surface area (Å²) >= 11 is 5.85. The minimum Gasteiger partial charge on any atom is -0.234 e. The average Bonchev–Trinajstić information content (AvgIpc) is 2.82. The van der Waals surface area contributed by atoms with E-state index < -0.39 is 0 Å². The summed E-state index contributed by atoms with van der Waals surface area (Å²) in [5.41, 5.74) is 4.34. The monoisotopic (exact) mass is 263 g/mol. The summed E-state index contributed by atoms with van der Waals surface area (Å²) in [4.78, 5) is 4.59. The first kappa shape index (κ1) is 13.1. The van der Waals surface area contributed by atoms with Gasteiger partial charge in [0.15, 0.2) is 5.82 Å². The van der Waals surface area contributed by atoms with E-state index in [0.29, 0.717) is 5.88 Å². The van der Waals surface area contributed by atoms with E-state index in [1.807, 2.05) is 23.7 Å². The van der Waals surface area contributed by atoms with Gasteiger partial charge in [-0.15, -0.1) is 11.6 Å². The molecule has 2 aromatic rings. The van der Waals surface area contributed by atoms with Crippen LogP contribution in [0.2, 0.25) is 0 Å². The van der Waals surface area contributed by atoms with Crippen LogP contribution in [-0.2, 0) is 18.7 Å². The van der Waals surface area contributed by atoms with Crippen LogP contribution in [0.1, 0.15) is 36.5 Å². The van der Waals surface area contributed by atoms with Crippen LogP contribution in [0.25, 0.3) is 5.82 Å². The molecule has 0 unspecified atom stereocenters. The van der Waals surface area contributed by atoms with E-state index in [-0.39, 0.29) is 0 Å². The summed E-state index contributed by atoms with van der Waals surface area (Å²) in [6.45, 7) is 6.23. The number of nitrogens with zero attached hydrogens (tertiary/aromatic N) is 3. The second kappa shape index (κ2) is 5.53. The molecule has 18 heavy (non-hydrogen) atoms. The number of hydrogen-bond donors (Lipinski definition) is 0. The minimum absolute atomic E-state index is 0.499. The lowest BCUT2D eigenvalue weighted by atomic mass is 10.2. The molecule has 0 aliphatic heterocycles. The SMILES string of the molecule is CCc1cc(CC)n(-c2ccc(CCl)c(C)n2)n1. The average molecular weight is 264 g/mol. The first-order valence-electron chi connectivity index (χ1n) is 6.30. The Bertz CT molecular complexity index is 546. The van der Waals surface area contributed by atoms with Crippen molar-refractivity contribution in [3.05, 3.63) is 40.8 Å². The van der Waals surface area contributed by atoms with Gasteiger partial charge < -0.3 is 0 Å². The van der Waals surface area contributed by atoms with Crippen LogP contribution in [-0.4, -0.2) is 14.8 Å². The number of hydrogen-bond acceptors (Lipinski definition) is 2. The Balaban J connectivity index is 2.47. The fourth-order valence-electron chi connectivity index (χ4n) is 1.93. The number of rotatable bonds is 4. The molecule has 0 spiro atoms. The van der Waals surface area contributed by atoms with Crippen molar-refractivity contribution in [3.63, 3.8) is 0 Å². The van der Waals surface area contributed by atoms with E-state index in [4.69, 9.17) is 11.6 Å². The molecule has 4 heteroatoms. The molecule has 0 saturated heterocycles. The van der Waals surface area contributed by atoms with Crippen molar-refractivity contribution in [2.24, 2.45) is 0 Å². The second-order valence-corrected chi connectivity index (χ2v) is 4.56. The molecular formula is C14H18ClN3. The van der Waals surface area contributed by atoms with Gasteiger partial charge in [-0.25, -0.2) is 9.67 Å². The minimum atomic E-state index is 0.499. The predicted octanol–water partition coefficient (Wildman–Crippen LogP) is 3.44. The predicted molar refractivity (Wildman–Crippen MR) is 74.4 cm³/mol. The first-order chi connectivity index (χ1) is 8.69. The van der Waals surface area contributed by atoms with Gasteiger partial charge in [-0.2, -0.15) is 5.10 Å². The van der Waals surface area contributed by atoms with E-state index in [9.17, 15) is 0 Å². The highest BCUT2D eigenvalue weighted by Gasteiger charge is 2.09. The fraction of sp³-hybridized carbons (Fsp3) is 0.429.